The minimum Gasteiger partial charge on any atom is -0.302 e. The topological polar surface area (TPSA) is 77.2 Å². The Morgan fingerprint density at radius 3 is 2.25 bits per heavy atom. The maximum atomic E-state index is 15.0. The van der Waals surface area contributed by atoms with Gasteiger partial charge in [-0.15, -0.1) is 11.3 Å². The third-order valence-corrected chi connectivity index (χ3v) is 9.68. The monoisotopic (exact) mass is 664 g/mol. The molecule has 6 rings (SSSR count). The predicted molar refractivity (Wildman–Crippen MR) is 186 cm³/mol. The number of ketones is 1. The second-order valence-electron chi connectivity index (χ2n) is 11.7. The molecule has 0 unspecified atom stereocenters. The molecule has 3 aromatic heterocycles. The van der Waals surface area contributed by atoms with Crippen LogP contribution >= 0.6 is 11.3 Å². The summed E-state index contributed by atoms with van der Waals surface area (Å²) in [5.74, 6) is -1.43. The Balaban J connectivity index is 1.57. The van der Waals surface area contributed by atoms with Gasteiger partial charge in [0.25, 0.3) is 5.56 Å². The molecule has 244 valence electrons. The van der Waals surface area contributed by atoms with Crippen molar-refractivity contribution in [1.29, 1.82) is 0 Å². The summed E-state index contributed by atoms with van der Waals surface area (Å²) in [7, 11) is 1.95. The number of nitrogens with zero attached hydrogens (tertiary/aromatic N) is 4. The Bertz CT molecular complexity index is 2170. The zero-order valence-corrected chi connectivity index (χ0v) is 27.5. The van der Waals surface area contributed by atoms with Crippen LogP contribution in [-0.4, -0.2) is 38.4 Å². The van der Waals surface area contributed by atoms with Crippen LogP contribution in [0, 0.1) is 11.6 Å². The molecular weight excluding hydrogens is 631 g/mol. The summed E-state index contributed by atoms with van der Waals surface area (Å²) in [6, 6.07) is 25.5. The first kappa shape index (κ1) is 32.9. The molecule has 6 aromatic rings. The second kappa shape index (κ2) is 14.4. The van der Waals surface area contributed by atoms with Gasteiger partial charge in [0, 0.05) is 54.7 Å². The van der Waals surface area contributed by atoms with Gasteiger partial charge >= 0.3 is 5.69 Å². The number of para-hydroxylation sites is 1. The van der Waals surface area contributed by atoms with Crippen molar-refractivity contribution in [3.8, 4) is 16.1 Å². The van der Waals surface area contributed by atoms with Gasteiger partial charge in [-0.3, -0.25) is 19.1 Å². The molecule has 0 fully saturated rings. The van der Waals surface area contributed by atoms with Gasteiger partial charge < -0.3 is 4.90 Å². The van der Waals surface area contributed by atoms with E-state index in [2.05, 4.69) is 9.88 Å². The number of hydrogen-bond acceptors (Lipinski definition) is 6. The highest BCUT2D eigenvalue weighted by molar-refractivity contribution is 7.22. The van der Waals surface area contributed by atoms with E-state index in [9.17, 15) is 14.4 Å². The van der Waals surface area contributed by atoms with E-state index < -0.39 is 29.4 Å². The fourth-order valence-electron chi connectivity index (χ4n) is 5.77. The van der Waals surface area contributed by atoms with Gasteiger partial charge in [-0.2, -0.15) is 0 Å². The molecule has 0 radical (unpaired) electrons. The molecule has 0 saturated carbocycles. The van der Waals surface area contributed by atoms with E-state index in [1.165, 1.54) is 22.0 Å². The van der Waals surface area contributed by atoms with Crippen molar-refractivity contribution in [1.82, 2.24) is 19.0 Å². The quantitative estimate of drug-likeness (QED) is 0.144. The number of carbonyl (C=O) groups excluding carboxylic acids is 1. The number of Topliss-reactive ketones (excluding diaryl/α,β-unsaturated/α-hetero) is 1. The minimum atomic E-state index is -0.781. The molecule has 48 heavy (non-hydrogen) atoms. The molecule has 10 heteroatoms. The Hall–Kier alpha value is -5.06. The Labute approximate surface area is 280 Å². The average molecular weight is 665 g/mol. The van der Waals surface area contributed by atoms with Crippen LogP contribution in [0.1, 0.15) is 35.7 Å². The number of halogens is 2. The molecule has 3 heterocycles. The first-order valence-corrected chi connectivity index (χ1v) is 16.6. The molecule has 3 aromatic carbocycles. The Kier molecular flexibility index (Phi) is 9.84. The summed E-state index contributed by atoms with van der Waals surface area (Å²) < 4.78 is 32.4. The van der Waals surface area contributed by atoms with E-state index in [0.717, 1.165) is 38.4 Å². The number of benzene rings is 3. The first-order valence-electron chi connectivity index (χ1n) is 15.7. The fraction of sp³-hybridized carbons (Fsp3) is 0.211. The molecular formula is C38H34F2N4O3S. The summed E-state index contributed by atoms with van der Waals surface area (Å²) >= 11 is 1.25. The van der Waals surface area contributed by atoms with Gasteiger partial charge in [0.2, 0.25) is 0 Å². The number of aromatic nitrogens is 3. The SMILES string of the molecule is CCC(=O)Cc1ccc(-c2sc3c(c2CN(C)CCc2ccccn2)c(=O)n(-c2ccccc2)c(=O)n3Cc2c(F)cccc2F)cc1. The van der Waals surface area contributed by atoms with Crippen LogP contribution < -0.4 is 11.2 Å². The van der Waals surface area contributed by atoms with Crippen LogP contribution in [0.15, 0.2) is 107 Å². The number of likely N-dealkylation sites (N-methyl/N-ethyl adjacent to an activating group) is 1. The van der Waals surface area contributed by atoms with Crippen molar-refractivity contribution in [3.05, 3.63) is 152 Å². The largest absolute Gasteiger partial charge is 0.337 e. The molecule has 0 amide bonds. The van der Waals surface area contributed by atoms with E-state index >= 15 is 8.78 Å². The summed E-state index contributed by atoms with van der Waals surface area (Å²) in [4.78, 5) is 48.4. The third kappa shape index (κ3) is 6.81. The summed E-state index contributed by atoms with van der Waals surface area (Å²) in [5, 5.41) is 0.310. The number of fused-ring (bicyclic) bond motifs is 1. The molecule has 0 aliphatic carbocycles. The van der Waals surface area contributed by atoms with E-state index in [-0.39, 0.29) is 11.3 Å². The van der Waals surface area contributed by atoms with Gasteiger partial charge in [-0.05, 0) is 60.1 Å². The van der Waals surface area contributed by atoms with E-state index in [1.807, 2.05) is 56.4 Å². The fourth-order valence-corrected chi connectivity index (χ4v) is 7.07. The molecule has 0 aliphatic heterocycles. The lowest BCUT2D eigenvalue weighted by Gasteiger charge is -2.18. The van der Waals surface area contributed by atoms with Crippen LogP contribution in [0.25, 0.3) is 26.3 Å². The van der Waals surface area contributed by atoms with Gasteiger partial charge in [-0.1, -0.05) is 61.5 Å². The lowest BCUT2D eigenvalue weighted by Crippen LogP contribution is -2.39. The second-order valence-corrected chi connectivity index (χ2v) is 12.7. The highest BCUT2D eigenvalue weighted by atomic mass is 32.1. The van der Waals surface area contributed by atoms with Crippen molar-refractivity contribution in [2.45, 2.75) is 39.3 Å². The van der Waals surface area contributed by atoms with Crippen molar-refractivity contribution >= 4 is 27.3 Å². The van der Waals surface area contributed by atoms with Crippen LogP contribution in [0.3, 0.4) is 0 Å². The van der Waals surface area contributed by atoms with Crippen LogP contribution in [0.4, 0.5) is 8.78 Å². The van der Waals surface area contributed by atoms with E-state index in [0.29, 0.717) is 53.8 Å². The predicted octanol–water partition coefficient (Wildman–Crippen LogP) is 6.80. The summed E-state index contributed by atoms with van der Waals surface area (Å²) in [6.07, 6.45) is 3.20. The van der Waals surface area contributed by atoms with Crippen LogP contribution in [-0.2, 0) is 30.7 Å². The Morgan fingerprint density at radius 2 is 1.58 bits per heavy atom. The normalized spacial score (nSPS) is 11.4. The summed E-state index contributed by atoms with van der Waals surface area (Å²) in [6.45, 7) is 2.42. The van der Waals surface area contributed by atoms with E-state index in [4.69, 9.17) is 0 Å². The van der Waals surface area contributed by atoms with Gasteiger partial charge in [0.05, 0.1) is 17.6 Å². The number of pyridine rings is 1. The molecule has 0 N–H and O–H groups in total. The number of thiophene rings is 1. The van der Waals surface area contributed by atoms with Gasteiger partial charge in [0.15, 0.2) is 0 Å². The molecule has 7 nitrogen and oxygen atoms in total. The van der Waals surface area contributed by atoms with Crippen LogP contribution in [0.5, 0.6) is 0 Å². The highest BCUT2D eigenvalue weighted by Gasteiger charge is 2.25. The lowest BCUT2D eigenvalue weighted by atomic mass is 10.0. The maximum Gasteiger partial charge on any atom is 0.337 e. The zero-order valence-electron chi connectivity index (χ0n) is 26.7. The first-order chi connectivity index (χ1) is 23.2. The molecule has 0 bridgehead atoms. The van der Waals surface area contributed by atoms with Crippen molar-refractivity contribution in [2.24, 2.45) is 0 Å². The highest BCUT2D eigenvalue weighted by Crippen LogP contribution is 2.38. The molecule has 0 spiro atoms. The average Bonchev–Trinajstić information content (AvgIpc) is 3.47. The van der Waals surface area contributed by atoms with Crippen molar-refractivity contribution in [3.63, 3.8) is 0 Å². The number of hydrogen-bond donors (Lipinski definition) is 0. The van der Waals surface area contributed by atoms with Crippen molar-refractivity contribution in [2.75, 3.05) is 13.6 Å². The number of carbonyl (C=O) groups is 1. The zero-order chi connectivity index (χ0) is 33.8. The smallest absolute Gasteiger partial charge is 0.302 e. The Morgan fingerprint density at radius 1 is 0.875 bits per heavy atom. The molecule has 0 atom stereocenters. The number of rotatable bonds is 12. The standard InChI is InChI=1S/C38H34F2N4O3S/c1-3-29(45)22-25-15-17-26(18-16-25)35-31(23-42(2)21-19-27-10-7-8-20-41-27)34-36(46)44(28-11-5-4-6-12-28)38(47)43(37(34)48-35)24-30-32(39)13-9-14-33(30)40/h4-18,20H,3,19,21-24H2,1-2H3. The van der Waals surface area contributed by atoms with Gasteiger partial charge in [0.1, 0.15) is 22.2 Å². The molecule has 0 aliphatic rings. The van der Waals surface area contributed by atoms with Gasteiger partial charge in [-0.25, -0.2) is 18.1 Å². The minimum absolute atomic E-state index is 0.130. The maximum absolute atomic E-state index is 15.0. The van der Waals surface area contributed by atoms with E-state index in [1.54, 1.807) is 36.5 Å². The van der Waals surface area contributed by atoms with Crippen LogP contribution in [0.2, 0.25) is 0 Å². The lowest BCUT2D eigenvalue weighted by molar-refractivity contribution is -0.118. The summed E-state index contributed by atoms with van der Waals surface area (Å²) in [5.41, 5.74) is 2.19. The molecule has 0 saturated heterocycles. The third-order valence-electron chi connectivity index (χ3n) is 8.38. The van der Waals surface area contributed by atoms with Crippen molar-refractivity contribution < 1.29 is 13.6 Å².